The molecule has 3 aromatic carbocycles. The molecule has 0 fully saturated rings. The number of rotatable bonds is 6. The predicted molar refractivity (Wildman–Crippen MR) is 130 cm³/mol. The number of nitrogens with one attached hydrogen (secondary N) is 2. The molecule has 0 aliphatic carbocycles. The molecule has 1 heterocycles. The molecule has 0 bridgehead atoms. The van der Waals surface area contributed by atoms with E-state index in [2.05, 4.69) is 10.0 Å². The van der Waals surface area contributed by atoms with Gasteiger partial charge in [-0.05, 0) is 49.4 Å². The Hall–Kier alpha value is -3.49. The van der Waals surface area contributed by atoms with Crippen LogP contribution in [0.4, 0.5) is 11.4 Å². The zero-order chi connectivity index (χ0) is 23.8. The van der Waals surface area contributed by atoms with Crippen molar-refractivity contribution in [3.8, 4) is 5.75 Å². The Bertz CT molecular complexity index is 1460. The van der Waals surface area contributed by atoms with E-state index in [1.54, 1.807) is 49.1 Å². The van der Waals surface area contributed by atoms with Crippen LogP contribution in [0.2, 0.25) is 5.02 Å². The first-order chi connectivity index (χ1) is 15.7. The predicted octanol–water partition coefficient (Wildman–Crippen LogP) is 5.01. The molecule has 4 aromatic rings. The number of halogens is 1. The van der Waals surface area contributed by atoms with Crippen molar-refractivity contribution in [2.45, 2.75) is 11.8 Å². The van der Waals surface area contributed by atoms with Crippen LogP contribution in [0.5, 0.6) is 5.75 Å². The number of hydrogen-bond acceptors (Lipinski definition) is 5. The second kappa shape index (κ2) is 8.80. The first-order valence-corrected chi connectivity index (χ1v) is 11.9. The number of methoxy groups -OCH3 is 1. The van der Waals surface area contributed by atoms with E-state index < -0.39 is 15.9 Å². The van der Waals surface area contributed by atoms with Gasteiger partial charge in [-0.25, -0.2) is 13.1 Å². The summed E-state index contributed by atoms with van der Waals surface area (Å²) in [5.41, 5.74) is 3.16. The van der Waals surface area contributed by atoms with Crippen molar-refractivity contribution in [1.29, 1.82) is 0 Å². The molecule has 170 valence electrons. The van der Waals surface area contributed by atoms with Crippen LogP contribution in [0.25, 0.3) is 10.9 Å². The van der Waals surface area contributed by atoms with Crippen LogP contribution in [0.1, 0.15) is 16.1 Å². The van der Waals surface area contributed by atoms with Crippen molar-refractivity contribution < 1.29 is 17.9 Å². The highest BCUT2D eigenvalue weighted by Crippen LogP contribution is 2.34. The van der Waals surface area contributed by atoms with E-state index >= 15 is 0 Å². The molecule has 0 spiro atoms. The summed E-state index contributed by atoms with van der Waals surface area (Å²) in [6.07, 6.45) is 0. The van der Waals surface area contributed by atoms with Crippen molar-refractivity contribution in [2.75, 3.05) is 12.4 Å². The van der Waals surface area contributed by atoms with E-state index in [9.17, 15) is 13.2 Å². The Morgan fingerprint density at radius 2 is 1.76 bits per heavy atom. The number of aryl methyl sites for hydroxylation is 2. The molecule has 33 heavy (non-hydrogen) atoms. The van der Waals surface area contributed by atoms with Gasteiger partial charge >= 0.3 is 0 Å². The Labute approximate surface area is 197 Å². The van der Waals surface area contributed by atoms with Gasteiger partial charge in [0.15, 0.2) is 0 Å². The van der Waals surface area contributed by atoms with Crippen LogP contribution in [-0.4, -0.2) is 26.0 Å². The van der Waals surface area contributed by atoms with Crippen molar-refractivity contribution >= 4 is 49.8 Å². The smallest absolute Gasteiger partial charge is 0.281 e. The highest BCUT2D eigenvalue weighted by atomic mass is 35.5. The number of ether oxygens (including phenoxy) is 1. The molecule has 0 saturated heterocycles. The van der Waals surface area contributed by atoms with Gasteiger partial charge in [0.25, 0.3) is 15.9 Å². The molecule has 4 rings (SSSR count). The number of carbonyl (C=O) groups is 1. The zero-order valence-electron chi connectivity index (χ0n) is 18.2. The summed E-state index contributed by atoms with van der Waals surface area (Å²) in [5.74, 6) is -0.0580. The zero-order valence-corrected chi connectivity index (χ0v) is 19.8. The van der Waals surface area contributed by atoms with Crippen LogP contribution in [0, 0.1) is 6.92 Å². The lowest BCUT2D eigenvalue weighted by atomic mass is 10.2. The SMILES string of the molecule is COc1cccc(Nc2ccc(Cl)c3c2cc(C(=O)NS(=O)(=O)c2ccc(C)cc2)n3C)c1. The molecule has 1 aromatic heterocycles. The minimum atomic E-state index is -4.03. The number of hydrogen-bond donors (Lipinski definition) is 2. The minimum absolute atomic E-state index is 0.0126. The number of benzene rings is 3. The van der Waals surface area contributed by atoms with E-state index in [-0.39, 0.29) is 10.6 Å². The summed E-state index contributed by atoms with van der Waals surface area (Å²) in [6, 6.07) is 18.8. The van der Waals surface area contributed by atoms with Crippen molar-refractivity contribution in [2.24, 2.45) is 7.05 Å². The van der Waals surface area contributed by atoms with E-state index in [0.29, 0.717) is 27.4 Å². The molecule has 0 unspecified atom stereocenters. The van der Waals surface area contributed by atoms with E-state index in [1.165, 1.54) is 12.1 Å². The van der Waals surface area contributed by atoms with Crippen LogP contribution in [0.15, 0.2) is 71.6 Å². The third kappa shape index (κ3) is 4.53. The van der Waals surface area contributed by atoms with Gasteiger partial charge in [-0.3, -0.25) is 4.79 Å². The fourth-order valence-electron chi connectivity index (χ4n) is 3.56. The largest absolute Gasteiger partial charge is 0.497 e. The number of sulfonamides is 1. The fraction of sp³-hybridized carbons (Fsp3) is 0.125. The molecule has 0 aliphatic rings. The van der Waals surface area contributed by atoms with Crippen molar-refractivity contribution in [1.82, 2.24) is 9.29 Å². The maximum Gasteiger partial charge on any atom is 0.281 e. The van der Waals surface area contributed by atoms with Gasteiger partial charge in [0.1, 0.15) is 11.4 Å². The molecule has 0 saturated carbocycles. The first-order valence-electron chi connectivity index (χ1n) is 10.0. The van der Waals surface area contributed by atoms with Gasteiger partial charge < -0.3 is 14.6 Å². The van der Waals surface area contributed by atoms with Gasteiger partial charge in [0, 0.05) is 29.9 Å². The molecule has 1 amide bonds. The van der Waals surface area contributed by atoms with Gasteiger partial charge in [-0.2, -0.15) is 0 Å². The third-order valence-corrected chi connectivity index (χ3v) is 6.94. The molecular formula is C24H22ClN3O4S. The highest BCUT2D eigenvalue weighted by molar-refractivity contribution is 7.90. The van der Waals surface area contributed by atoms with E-state index in [1.807, 2.05) is 31.2 Å². The van der Waals surface area contributed by atoms with Gasteiger partial charge in [-0.15, -0.1) is 0 Å². The van der Waals surface area contributed by atoms with Crippen LogP contribution >= 0.6 is 11.6 Å². The number of aromatic nitrogens is 1. The highest BCUT2D eigenvalue weighted by Gasteiger charge is 2.23. The van der Waals surface area contributed by atoms with Crippen LogP contribution < -0.4 is 14.8 Å². The monoisotopic (exact) mass is 483 g/mol. The third-order valence-electron chi connectivity index (χ3n) is 5.29. The Morgan fingerprint density at radius 3 is 2.45 bits per heavy atom. The maximum atomic E-state index is 13.0. The Balaban J connectivity index is 1.71. The lowest BCUT2D eigenvalue weighted by molar-refractivity contribution is 0.0974. The summed E-state index contributed by atoms with van der Waals surface area (Å²) in [6.45, 7) is 1.85. The van der Waals surface area contributed by atoms with E-state index in [0.717, 1.165) is 11.3 Å². The van der Waals surface area contributed by atoms with Crippen LogP contribution in [0.3, 0.4) is 0 Å². The van der Waals surface area contributed by atoms with Crippen molar-refractivity contribution in [3.63, 3.8) is 0 Å². The maximum absolute atomic E-state index is 13.0. The number of carbonyl (C=O) groups excluding carboxylic acids is 1. The lowest BCUT2D eigenvalue weighted by Gasteiger charge is -2.11. The second-order valence-corrected chi connectivity index (χ2v) is 9.64. The fourth-order valence-corrected chi connectivity index (χ4v) is 4.81. The normalized spacial score (nSPS) is 11.4. The lowest BCUT2D eigenvalue weighted by Crippen LogP contribution is -2.31. The Kier molecular flexibility index (Phi) is 6.05. The van der Waals surface area contributed by atoms with Crippen molar-refractivity contribution in [3.05, 3.63) is 83.0 Å². The topological polar surface area (TPSA) is 89.4 Å². The molecule has 0 radical (unpaired) electrons. The average Bonchev–Trinajstić information content (AvgIpc) is 3.14. The molecule has 7 nitrogen and oxygen atoms in total. The number of fused-ring (bicyclic) bond motifs is 1. The number of anilines is 2. The summed E-state index contributed by atoms with van der Waals surface area (Å²) in [7, 11) is -0.777. The summed E-state index contributed by atoms with van der Waals surface area (Å²) >= 11 is 6.43. The number of nitrogens with zero attached hydrogens (tertiary/aromatic N) is 1. The van der Waals surface area contributed by atoms with E-state index in [4.69, 9.17) is 16.3 Å². The second-order valence-electron chi connectivity index (χ2n) is 7.55. The molecular weight excluding hydrogens is 462 g/mol. The van der Waals surface area contributed by atoms with Crippen LogP contribution in [-0.2, 0) is 17.1 Å². The minimum Gasteiger partial charge on any atom is -0.497 e. The van der Waals surface area contributed by atoms with Gasteiger partial charge in [0.05, 0.1) is 22.5 Å². The molecule has 9 heteroatoms. The average molecular weight is 484 g/mol. The molecule has 0 atom stereocenters. The summed E-state index contributed by atoms with van der Waals surface area (Å²) in [5, 5.41) is 4.41. The van der Waals surface area contributed by atoms with Gasteiger partial charge in [0.2, 0.25) is 0 Å². The summed E-state index contributed by atoms with van der Waals surface area (Å²) in [4.78, 5) is 13.0. The number of amides is 1. The Morgan fingerprint density at radius 1 is 1.03 bits per heavy atom. The quantitative estimate of drug-likeness (QED) is 0.402. The van der Waals surface area contributed by atoms with Gasteiger partial charge in [-0.1, -0.05) is 35.4 Å². The molecule has 0 aliphatic heterocycles. The first kappa shape index (κ1) is 22.7. The standard InChI is InChI=1S/C24H22ClN3O4S/c1-15-7-9-18(10-8-15)33(30,31)27-24(29)22-14-19-21(12-11-20(25)23(19)28(22)2)26-16-5-4-6-17(13-16)32-3/h4-14,26H,1-3H3,(H,27,29). The summed E-state index contributed by atoms with van der Waals surface area (Å²) < 4.78 is 34.4. The molecule has 2 N–H and O–H groups in total.